The van der Waals surface area contributed by atoms with Crippen LogP contribution < -0.4 is 0 Å². The Kier molecular flexibility index (Phi) is 2.54. The molecule has 3 nitrogen and oxygen atoms in total. The average Bonchev–Trinajstić information content (AvgIpc) is 2.60. The van der Waals surface area contributed by atoms with Gasteiger partial charge in [-0.05, 0) is 43.0 Å². The molecule has 2 aromatic rings. The Labute approximate surface area is 106 Å². The summed E-state index contributed by atoms with van der Waals surface area (Å²) in [5, 5.41) is 0. The van der Waals surface area contributed by atoms with Crippen LogP contribution in [0.1, 0.15) is 32.6 Å². The zero-order chi connectivity index (χ0) is 11.9. The van der Waals surface area contributed by atoms with Gasteiger partial charge in [0.25, 0.3) is 0 Å². The van der Waals surface area contributed by atoms with Crippen LogP contribution in [0.4, 0.5) is 0 Å². The molecule has 2 heterocycles. The van der Waals surface area contributed by atoms with Crippen molar-refractivity contribution in [2.75, 3.05) is 0 Å². The summed E-state index contributed by atoms with van der Waals surface area (Å²) >= 11 is 5.42. The molecule has 4 heteroatoms. The molecule has 17 heavy (non-hydrogen) atoms. The first-order valence-electron chi connectivity index (χ1n) is 6.27. The molecule has 0 saturated heterocycles. The molecule has 0 radical (unpaired) electrons. The lowest BCUT2D eigenvalue weighted by Gasteiger charge is -2.41. The van der Waals surface area contributed by atoms with Gasteiger partial charge in [-0.25, -0.2) is 0 Å². The summed E-state index contributed by atoms with van der Waals surface area (Å²) in [6.07, 6.45) is 8.96. The number of hydrogen-bond acceptors (Lipinski definition) is 2. The van der Waals surface area contributed by atoms with Gasteiger partial charge in [-0.1, -0.05) is 13.3 Å². The molecule has 0 bridgehead atoms. The van der Waals surface area contributed by atoms with Gasteiger partial charge in [0, 0.05) is 12.7 Å². The highest BCUT2D eigenvalue weighted by Crippen LogP contribution is 2.45. The Bertz CT molecular complexity index is 586. The minimum absolute atomic E-state index is 0.483. The van der Waals surface area contributed by atoms with Crippen LogP contribution in [0.25, 0.3) is 11.0 Å². The van der Waals surface area contributed by atoms with E-state index in [2.05, 4.69) is 21.5 Å². The predicted molar refractivity (Wildman–Crippen MR) is 71.5 cm³/mol. The second-order valence-electron chi connectivity index (χ2n) is 5.12. The molecular weight excluding hydrogens is 230 g/mol. The zero-order valence-corrected chi connectivity index (χ0v) is 10.9. The number of pyridine rings is 1. The number of rotatable bonds is 3. The number of aromatic amines is 1. The van der Waals surface area contributed by atoms with Gasteiger partial charge in [0.2, 0.25) is 0 Å². The number of hydrogen-bond donors (Lipinski definition) is 1. The molecule has 1 fully saturated rings. The van der Waals surface area contributed by atoms with Gasteiger partial charge in [-0.15, -0.1) is 0 Å². The molecule has 1 aliphatic rings. The van der Waals surface area contributed by atoms with E-state index in [-0.39, 0.29) is 0 Å². The van der Waals surface area contributed by atoms with Crippen LogP contribution in [-0.4, -0.2) is 14.5 Å². The molecule has 0 aromatic carbocycles. The molecule has 0 unspecified atom stereocenters. The first kappa shape index (κ1) is 11.0. The Morgan fingerprint density at radius 3 is 3.00 bits per heavy atom. The van der Waals surface area contributed by atoms with Crippen molar-refractivity contribution in [2.24, 2.45) is 5.41 Å². The first-order chi connectivity index (χ1) is 8.24. The van der Waals surface area contributed by atoms with Crippen molar-refractivity contribution in [3.05, 3.63) is 23.2 Å². The van der Waals surface area contributed by atoms with Crippen molar-refractivity contribution in [1.82, 2.24) is 14.5 Å². The molecule has 0 spiro atoms. The van der Waals surface area contributed by atoms with Crippen LogP contribution in [0.15, 0.2) is 18.5 Å². The van der Waals surface area contributed by atoms with E-state index in [4.69, 9.17) is 12.2 Å². The summed E-state index contributed by atoms with van der Waals surface area (Å²) in [5.41, 5.74) is 2.71. The van der Waals surface area contributed by atoms with Gasteiger partial charge < -0.3 is 9.55 Å². The summed E-state index contributed by atoms with van der Waals surface area (Å²) in [6.45, 7) is 3.34. The van der Waals surface area contributed by atoms with Crippen molar-refractivity contribution in [1.29, 1.82) is 0 Å². The monoisotopic (exact) mass is 247 g/mol. The van der Waals surface area contributed by atoms with Crippen LogP contribution in [0.3, 0.4) is 0 Å². The average molecular weight is 247 g/mol. The molecule has 1 N–H and O–H groups in total. The SMILES string of the molecule is CCC1(Cn2c(=S)[nH]c3cnccc32)CCC1. The molecule has 1 aliphatic carbocycles. The molecule has 3 rings (SSSR count). The minimum Gasteiger partial charge on any atom is -0.329 e. The van der Waals surface area contributed by atoms with Crippen molar-refractivity contribution in [2.45, 2.75) is 39.2 Å². The fourth-order valence-corrected chi connectivity index (χ4v) is 3.08. The topological polar surface area (TPSA) is 33.6 Å². The number of imidazole rings is 1. The third-order valence-electron chi connectivity index (χ3n) is 4.23. The predicted octanol–water partition coefficient (Wildman–Crippen LogP) is 3.67. The lowest BCUT2D eigenvalue weighted by atomic mass is 9.67. The van der Waals surface area contributed by atoms with Gasteiger partial charge in [0.1, 0.15) is 0 Å². The Morgan fingerprint density at radius 1 is 1.53 bits per heavy atom. The lowest BCUT2D eigenvalue weighted by Crippen LogP contribution is -2.33. The maximum absolute atomic E-state index is 5.42. The second kappa shape index (κ2) is 3.95. The van der Waals surface area contributed by atoms with Crippen molar-refractivity contribution in [3.8, 4) is 0 Å². The third-order valence-corrected chi connectivity index (χ3v) is 4.56. The number of H-pyrrole nitrogens is 1. The first-order valence-corrected chi connectivity index (χ1v) is 6.67. The lowest BCUT2D eigenvalue weighted by molar-refractivity contribution is 0.101. The van der Waals surface area contributed by atoms with Crippen LogP contribution in [0.2, 0.25) is 0 Å². The molecule has 2 aromatic heterocycles. The fourth-order valence-electron chi connectivity index (χ4n) is 2.80. The van der Waals surface area contributed by atoms with Gasteiger partial charge in [0.05, 0.1) is 17.2 Å². The van der Waals surface area contributed by atoms with Crippen molar-refractivity contribution >= 4 is 23.3 Å². The van der Waals surface area contributed by atoms with Crippen LogP contribution >= 0.6 is 12.2 Å². The number of nitrogens with zero attached hydrogens (tertiary/aromatic N) is 2. The smallest absolute Gasteiger partial charge is 0.178 e. The number of nitrogens with one attached hydrogen (secondary N) is 1. The van der Waals surface area contributed by atoms with Crippen LogP contribution in [0.5, 0.6) is 0 Å². The number of aromatic nitrogens is 3. The van der Waals surface area contributed by atoms with Gasteiger partial charge >= 0.3 is 0 Å². The second-order valence-corrected chi connectivity index (χ2v) is 5.50. The van der Waals surface area contributed by atoms with E-state index in [0.717, 1.165) is 16.8 Å². The quantitative estimate of drug-likeness (QED) is 0.839. The normalized spacial score (nSPS) is 18.2. The zero-order valence-electron chi connectivity index (χ0n) is 10.1. The molecule has 1 saturated carbocycles. The summed E-state index contributed by atoms with van der Waals surface area (Å²) in [5.74, 6) is 0. The van der Waals surface area contributed by atoms with E-state index in [1.165, 1.54) is 31.2 Å². The maximum atomic E-state index is 5.42. The van der Waals surface area contributed by atoms with Gasteiger partial charge in [0.15, 0.2) is 4.77 Å². The Balaban J connectivity index is 2.05. The highest BCUT2D eigenvalue weighted by molar-refractivity contribution is 7.71. The van der Waals surface area contributed by atoms with E-state index in [0.29, 0.717) is 5.41 Å². The summed E-state index contributed by atoms with van der Waals surface area (Å²) < 4.78 is 3.07. The fraction of sp³-hybridized carbons (Fsp3) is 0.538. The number of fused-ring (bicyclic) bond motifs is 1. The van der Waals surface area contributed by atoms with Gasteiger partial charge in [-0.2, -0.15) is 0 Å². The van der Waals surface area contributed by atoms with Crippen LogP contribution in [-0.2, 0) is 6.54 Å². The van der Waals surface area contributed by atoms with E-state index in [1.54, 1.807) is 0 Å². The minimum atomic E-state index is 0.483. The third kappa shape index (κ3) is 1.71. The van der Waals surface area contributed by atoms with E-state index >= 15 is 0 Å². The molecule has 90 valence electrons. The standard InChI is InChI=1S/C13H17N3S/c1-2-13(5-3-6-13)9-16-11-4-7-14-8-10(11)15-12(16)17/h4,7-8H,2-3,5-6,9H2,1H3,(H,15,17). The van der Waals surface area contributed by atoms with Crippen molar-refractivity contribution < 1.29 is 0 Å². The summed E-state index contributed by atoms with van der Waals surface area (Å²) in [4.78, 5) is 7.36. The molecule has 0 aliphatic heterocycles. The van der Waals surface area contributed by atoms with Crippen molar-refractivity contribution in [3.63, 3.8) is 0 Å². The molecule has 0 atom stereocenters. The molecular formula is C13H17N3S. The van der Waals surface area contributed by atoms with Gasteiger partial charge in [-0.3, -0.25) is 4.98 Å². The maximum Gasteiger partial charge on any atom is 0.178 e. The van der Waals surface area contributed by atoms with E-state index in [1.807, 2.05) is 18.5 Å². The van der Waals surface area contributed by atoms with Crippen LogP contribution in [0, 0.1) is 10.2 Å². The molecule has 0 amide bonds. The highest BCUT2D eigenvalue weighted by Gasteiger charge is 2.35. The largest absolute Gasteiger partial charge is 0.329 e. The highest BCUT2D eigenvalue weighted by atomic mass is 32.1. The summed E-state index contributed by atoms with van der Waals surface area (Å²) in [7, 11) is 0. The Hall–Kier alpha value is -1.16. The van der Waals surface area contributed by atoms with E-state index < -0.39 is 0 Å². The summed E-state index contributed by atoms with van der Waals surface area (Å²) in [6, 6.07) is 2.05. The Morgan fingerprint density at radius 2 is 2.35 bits per heavy atom. The van der Waals surface area contributed by atoms with E-state index in [9.17, 15) is 0 Å².